The molecule has 5 heteroatoms. The van der Waals surface area contributed by atoms with Crippen molar-refractivity contribution in [2.45, 2.75) is 18.9 Å². The standard InChI is InChI=1S/C15H20N2O3/c1-17-7-3-4-13(17)11-20-14-8-12(9-16-10-14)5-6-15(18)19-2/h5-6,8-10,13H,3-4,7,11H2,1-2H3/t13-/m0/s1. The second-order valence-electron chi connectivity index (χ2n) is 4.90. The van der Waals surface area contributed by atoms with Gasteiger partial charge in [-0.05, 0) is 44.1 Å². The van der Waals surface area contributed by atoms with Crippen molar-refractivity contribution < 1.29 is 14.3 Å². The number of likely N-dealkylation sites (N-methyl/N-ethyl adjacent to an activating group) is 1. The lowest BCUT2D eigenvalue weighted by atomic mass is 10.2. The summed E-state index contributed by atoms with van der Waals surface area (Å²) in [7, 11) is 3.47. The zero-order valence-electron chi connectivity index (χ0n) is 11.9. The maximum Gasteiger partial charge on any atom is 0.330 e. The molecule has 0 aromatic carbocycles. The molecule has 0 N–H and O–H groups in total. The lowest BCUT2D eigenvalue weighted by Gasteiger charge is -2.19. The third-order valence-corrected chi connectivity index (χ3v) is 3.46. The predicted octanol–water partition coefficient (Wildman–Crippen LogP) is 1.74. The van der Waals surface area contributed by atoms with E-state index < -0.39 is 0 Å². The highest BCUT2D eigenvalue weighted by atomic mass is 16.5. The van der Waals surface area contributed by atoms with Crippen molar-refractivity contribution in [3.8, 4) is 5.75 Å². The Hall–Kier alpha value is -1.88. The average molecular weight is 276 g/mol. The molecule has 0 radical (unpaired) electrons. The molecule has 2 heterocycles. The third kappa shape index (κ3) is 4.06. The number of methoxy groups -OCH3 is 1. The second kappa shape index (κ2) is 7.05. The molecule has 0 amide bonds. The molecule has 0 bridgehead atoms. The monoisotopic (exact) mass is 276 g/mol. The Kier molecular flexibility index (Phi) is 5.12. The Balaban J connectivity index is 1.92. The fourth-order valence-corrected chi connectivity index (χ4v) is 2.22. The minimum Gasteiger partial charge on any atom is -0.490 e. The van der Waals surface area contributed by atoms with E-state index >= 15 is 0 Å². The van der Waals surface area contributed by atoms with E-state index in [9.17, 15) is 4.79 Å². The number of ether oxygens (including phenoxy) is 2. The van der Waals surface area contributed by atoms with Gasteiger partial charge >= 0.3 is 5.97 Å². The molecule has 1 aromatic heterocycles. The minimum atomic E-state index is -0.385. The number of nitrogens with zero attached hydrogens (tertiary/aromatic N) is 2. The van der Waals surface area contributed by atoms with E-state index in [4.69, 9.17) is 4.74 Å². The van der Waals surface area contributed by atoms with E-state index in [0.717, 1.165) is 17.9 Å². The van der Waals surface area contributed by atoms with Gasteiger partial charge in [-0.1, -0.05) is 0 Å². The highest BCUT2D eigenvalue weighted by molar-refractivity contribution is 5.86. The molecule has 0 aliphatic carbocycles. The number of rotatable bonds is 5. The number of carbonyl (C=O) groups is 1. The number of hydrogen-bond donors (Lipinski definition) is 0. The quantitative estimate of drug-likeness (QED) is 0.605. The van der Waals surface area contributed by atoms with E-state index in [0.29, 0.717) is 12.6 Å². The summed E-state index contributed by atoms with van der Waals surface area (Å²) in [5, 5.41) is 0. The molecule has 1 aliphatic rings. The van der Waals surface area contributed by atoms with Gasteiger partial charge in [0.1, 0.15) is 12.4 Å². The number of hydrogen-bond acceptors (Lipinski definition) is 5. The van der Waals surface area contributed by atoms with Crippen LogP contribution in [0.5, 0.6) is 5.75 Å². The van der Waals surface area contributed by atoms with Gasteiger partial charge in [-0.25, -0.2) is 4.79 Å². The summed E-state index contributed by atoms with van der Waals surface area (Å²) in [6, 6.07) is 2.34. The van der Waals surface area contributed by atoms with Gasteiger partial charge in [0, 0.05) is 18.3 Å². The van der Waals surface area contributed by atoms with E-state index in [1.54, 1.807) is 18.5 Å². The molecule has 108 valence electrons. The Morgan fingerprint density at radius 2 is 2.40 bits per heavy atom. The van der Waals surface area contributed by atoms with E-state index in [1.807, 2.05) is 6.07 Å². The normalized spacial score (nSPS) is 19.4. The molecule has 0 spiro atoms. The highest BCUT2D eigenvalue weighted by Gasteiger charge is 2.21. The van der Waals surface area contributed by atoms with Gasteiger partial charge in [-0.2, -0.15) is 0 Å². The van der Waals surface area contributed by atoms with Crippen LogP contribution < -0.4 is 4.74 Å². The smallest absolute Gasteiger partial charge is 0.330 e. The highest BCUT2D eigenvalue weighted by Crippen LogP contribution is 2.18. The summed E-state index contributed by atoms with van der Waals surface area (Å²) < 4.78 is 10.3. The molecule has 20 heavy (non-hydrogen) atoms. The largest absolute Gasteiger partial charge is 0.490 e. The van der Waals surface area contributed by atoms with Gasteiger partial charge in [0.2, 0.25) is 0 Å². The Labute approximate surface area is 119 Å². The Morgan fingerprint density at radius 1 is 1.55 bits per heavy atom. The van der Waals surface area contributed by atoms with Gasteiger partial charge < -0.3 is 14.4 Å². The van der Waals surface area contributed by atoms with Gasteiger partial charge in [-0.15, -0.1) is 0 Å². The Bertz CT molecular complexity index is 488. The number of likely N-dealkylation sites (tertiary alicyclic amines) is 1. The third-order valence-electron chi connectivity index (χ3n) is 3.46. The van der Waals surface area contributed by atoms with Crippen LogP contribution in [-0.2, 0) is 9.53 Å². The summed E-state index contributed by atoms with van der Waals surface area (Å²) in [4.78, 5) is 17.5. The molecule has 1 saturated heterocycles. The first-order valence-electron chi connectivity index (χ1n) is 6.73. The van der Waals surface area contributed by atoms with Gasteiger partial charge in [-0.3, -0.25) is 4.98 Å². The van der Waals surface area contributed by atoms with Crippen molar-refractivity contribution in [2.24, 2.45) is 0 Å². The maximum absolute atomic E-state index is 11.0. The van der Waals surface area contributed by atoms with Gasteiger partial charge in [0.25, 0.3) is 0 Å². The molecule has 5 nitrogen and oxygen atoms in total. The van der Waals surface area contributed by atoms with E-state index in [1.165, 1.54) is 26.0 Å². The molecule has 1 aliphatic heterocycles. The van der Waals surface area contributed by atoms with Crippen LogP contribution >= 0.6 is 0 Å². The van der Waals surface area contributed by atoms with Crippen molar-refractivity contribution in [3.63, 3.8) is 0 Å². The first kappa shape index (κ1) is 14.5. The predicted molar refractivity (Wildman–Crippen MR) is 76.4 cm³/mol. The molecule has 2 rings (SSSR count). The van der Waals surface area contributed by atoms with E-state index in [2.05, 4.69) is 21.7 Å². The zero-order valence-corrected chi connectivity index (χ0v) is 11.9. The molecule has 1 atom stereocenters. The fraction of sp³-hybridized carbons (Fsp3) is 0.467. The lowest BCUT2D eigenvalue weighted by Crippen LogP contribution is -2.30. The number of pyridine rings is 1. The van der Waals surface area contributed by atoms with Crippen LogP contribution in [-0.4, -0.2) is 49.2 Å². The molecular weight excluding hydrogens is 256 g/mol. The molecular formula is C15H20N2O3. The van der Waals surface area contributed by atoms with Gasteiger partial charge in [0.15, 0.2) is 0 Å². The van der Waals surface area contributed by atoms with Crippen molar-refractivity contribution in [2.75, 3.05) is 27.3 Å². The minimum absolute atomic E-state index is 0.385. The van der Waals surface area contributed by atoms with Crippen LogP contribution in [0.25, 0.3) is 6.08 Å². The fourth-order valence-electron chi connectivity index (χ4n) is 2.22. The molecule has 1 aromatic rings. The SMILES string of the molecule is COC(=O)C=Cc1cncc(OC[C@@H]2CCCN2C)c1. The first-order chi connectivity index (χ1) is 9.69. The first-order valence-corrected chi connectivity index (χ1v) is 6.73. The van der Waals surface area contributed by atoms with Crippen molar-refractivity contribution >= 4 is 12.0 Å². The summed E-state index contributed by atoms with van der Waals surface area (Å²) in [6.07, 6.45) is 8.79. The van der Waals surface area contributed by atoms with Crippen molar-refractivity contribution in [1.82, 2.24) is 9.88 Å². The van der Waals surface area contributed by atoms with Crippen LogP contribution in [0.4, 0.5) is 0 Å². The molecule has 0 saturated carbocycles. The summed E-state index contributed by atoms with van der Waals surface area (Å²) in [5.41, 5.74) is 0.813. The molecule has 0 unspecified atom stereocenters. The second-order valence-corrected chi connectivity index (χ2v) is 4.90. The lowest BCUT2D eigenvalue weighted by molar-refractivity contribution is -0.134. The van der Waals surface area contributed by atoms with Crippen LogP contribution in [0.3, 0.4) is 0 Å². The van der Waals surface area contributed by atoms with Crippen LogP contribution in [0.1, 0.15) is 18.4 Å². The topological polar surface area (TPSA) is 51.7 Å². The number of esters is 1. The number of carbonyl (C=O) groups excluding carboxylic acids is 1. The summed E-state index contributed by atoms with van der Waals surface area (Å²) >= 11 is 0. The molecule has 1 fully saturated rings. The van der Waals surface area contributed by atoms with Crippen LogP contribution in [0, 0.1) is 0 Å². The van der Waals surface area contributed by atoms with Crippen LogP contribution in [0.2, 0.25) is 0 Å². The average Bonchev–Trinajstić information content (AvgIpc) is 2.88. The van der Waals surface area contributed by atoms with Crippen molar-refractivity contribution in [1.29, 1.82) is 0 Å². The Morgan fingerprint density at radius 3 is 3.10 bits per heavy atom. The van der Waals surface area contributed by atoms with Crippen molar-refractivity contribution in [3.05, 3.63) is 30.1 Å². The summed E-state index contributed by atoms with van der Waals surface area (Å²) in [6.45, 7) is 1.80. The number of aromatic nitrogens is 1. The van der Waals surface area contributed by atoms with E-state index in [-0.39, 0.29) is 5.97 Å². The van der Waals surface area contributed by atoms with Gasteiger partial charge in [0.05, 0.1) is 13.3 Å². The summed E-state index contributed by atoms with van der Waals surface area (Å²) in [5.74, 6) is 0.334. The maximum atomic E-state index is 11.0. The zero-order chi connectivity index (χ0) is 14.4. The van der Waals surface area contributed by atoms with Crippen LogP contribution in [0.15, 0.2) is 24.5 Å².